The van der Waals surface area contributed by atoms with Crippen LogP contribution >= 0.6 is 0 Å². The smallest absolute Gasteiger partial charge is 0.300 e. The topological polar surface area (TPSA) is 61.1 Å². The molecule has 0 aromatic carbocycles. The van der Waals surface area contributed by atoms with Gasteiger partial charge in [-0.25, -0.2) is 4.79 Å². The normalized spacial score (nSPS) is 23.2. The minimum atomic E-state index is -0.336. The van der Waals surface area contributed by atoms with Crippen molar-refractivity contribution in [3.8, 4) is 0 Å². The predicted octanol–water partition coefficient (Wildman–Crippen LogP) is -0.224. The maximum absolute atomic E-state index is 11.7. The van der Waals surface area contributed by atoms with Gasteiger partial charge in [0, 0.05) is 37.7 Å². The highest BCUT2D eigenvalue weighted by Gasteiger charge is 2.43. The Balaban J connectivity index is 2.49. The fourth-order valence-corrected chi connectivity index (χ4v) is 2.08. The van der Waals surface area contributed by atoms with Gasteiger partial charge in [-0.3, -0.25) is 14.2 Å². The Morgan fingerprint density at radius 2 is 1.94 bits per heavy atom. The number of carbonyl (C=O) groups is 1. The number of aromatic nitrogens is 2. The molecule has 2 rings (SSSR count). The summed E-state index contributed by atoms with van der Waals surface area (Å²) in [6.07, 6.45) is 0.746. The Kier molecular flexibility index (Phi) is 2.33. The minimum Gasteiger partial charge on any atom is -0.300 e. The van der Waals surface area contributed by atoms with Crippen LogP contribution in [0.1, 0.15) is 25.0 Å². The highest BCUT2D eigenvalue weighted by atomic mass is 16.2. The number of hydrogen-bond acceptors (Lipinski definition) is 3. The zero-order valence-electron chi connectivity index (χ0n) is 9.56. The molecular weight excluding hydrogens is 208 g/mol. The number of Topliss-reactive ketones (excluding diaryl/α,β-unsaturated/α-hetero) is 1. The zero-order valence-corrected chi connectivity index (χ0v) is 9.56. The average Bonchev–Trinajstić information content (AvgIpc) is 3.00. The number of hydrogen-bond donors (Lipinski definition) is 0. The van der Waals surface area contributed by atoms with Crippen molar-refractivity contribution in [3.63, 3.8) is 0 Å². The summed E-state index contributed by atoms with van der Waals surface area (Å²) in [6.45, 7) is 1.55. The van der Waals surface area contributed by atoms with Gasteiger partial charge in [-0.1, -0.05) is 0 Å². The Labute approximate surface area is 92.3 Å². The summed E-state index contributed by atoms with van der Waals surface area (Å²) < 4.78 is 2.52. The summed E-state index contributed by atoms with van der Waals surface area (Å²) in [5, 5.41) is 0. The van der Waals surface area contributed by atoms with E-state index in [0.29, 0.717) is 5.69 Å². The van der Waals surface area contributed by atoms with Crippen LogP contribution in [0.15, 0.2) is 15.7 Å². The van der Waals surface area contributed by atoms with E-state index in [1.807, 2.05) is 0 Å². The van der Waals surface area contributed by atoms with Crippen molar-refractivity contribution in [3.05, 3.63) is 32.6 Å². The standard InChI is InChI=1S/C11H14N2O3/c1-6(14)7-4-8(7)9-5-10(15)13(3)11(16)12(9)2/h5,7-8H,4H2,1-3H3/t7-,8+/m0/s1. The Bertz CT molecular complexity index is 568. The van der Waals surface area contributed by atoms with Crippen molar-refractivity contribution in [2.45, 2.75) is 19.3 Å². The molecule has 86 valence electrons. The third kappa shape index (κ3) is 1.52. The second kappa shape index (κ2) is 3.43. The first-order valence-electron chi connectivity index (χ1n) is 5.21. The number of carbonyl (C=O) groups excluding carboxylic acids is 1. The highest BCUT2D eigenvalue weighted by molar-refractivity contribution is 5.82. The molecule has 2 atom stereocenters. The summed E-state index contributed by atoms with van der Waals surface area (Å²) >= 11 is 0. The van der Waals surface area contributed by atoms with Crippen LogP contribution in [0.5, 0.6) is 0 Å². The van der Waals surface area contributed by atoms with Crippen LogP contribution in [0.4, 0.5) is 0 Å². The van der Waals surface area contributed by atoms with Gasteiger partial charge in [0.25, 0.3) is 5.56 Å². The summed E-state index contributed by atoms with van der Waals surface area (Å²) in [7, 11) is 3.08. The largest absolute Gasteiger partial charge is 0.330 e. The molecular formula is C11H14N2O3. The molecule has 0 saturated heterocycles. The molecule has 0 bridgehead atoms. The van der Waals surface area contributed by atoms with Crippen molar-refractivity contribution in [2.75, 3.05) is 0 Å². The molecule has 5 nitrogen and oxygen atoms in total. The molecule has 1 aliphatic carbocycles. The number of ketones is 1. The second-order valence-corrected chi connectivity index (χ2v) is 4.37. The van der Waals surface area contributed by atoms with Gasteiger partial charge in [0.15, 0.2) is 0 Å². The van der Waals surface area contributed by atoms with E-state index in [2.05, 4.69) is 0 Å². The van der Waals surface area contributed by atoms with Gasteiger partial charge in [-0.05, 0) is 13.3 Å². The van der Waals surface area contributed by atoms with E-state index in [1.165, 1.54) is 17.7 Å². The molecule has 1 heterocycles. The van der Waals surface area contributed by atoms with Gasteiger partial charge in [-0.15, -0.1) is 0 Å². The summed E-state index contributed by atoms with van der Waals surface area (Å²) in [4.78, 5) is 34.3. The highest BCUT2D eigenvalue weighted by Crippen LogP contribution is 2.46. The zero-order chi connectivity index (χ0) is 12.0. The van der Waals surface area contributed by atoms with Crippen LogP contribution in [0, 0.1) is 5.92 Å². The van der Waals surface area contributed by atoms with Crippen molar-refractivity contribution in [1.82, 2.24) is 9.13 Å². The Morgan fingerprint density at radius 1 is 1.31 bits per heavy atom. The van der Waals surface area contributed by atoms with Crippen LogP contribution in [-0.2, 0) is 18.9 Å². The van der Waals surface area contributed by atoms with Gasteiger partial charge in [0.2, 0.25) is 0 Å². The Morgan fingerprint density at radius 3 is 2.44 bits per heavy atom. The first-order chi connectivity index (χ1) is 7.43. The van der Waals surface area contributed by atoms with Crippen molar-refractivity contribution < 1.29 is 4.79 Å². The van der Waals surface area contributed by atoms with Crippen molar-refractivity contribution >= 4 is 5.78 Å². The third-order valence-corrected chi connectivity index (χ3v) is 3.26. The van der Waals surface area contributed by atoms with Crippen LogP contribution in [0.2, 0.25) is 0 Å². The maximum Gasteiger partial charge on any atom is 0.330 e. The molecule has 16 heavy (non-hydrogen) atoms. The maximum atomic E-state index is 11.7. The first kappa shape index (κ1) is 10.9. The van der Waals surface area contributed by atoms with Crippen LogP contribution < -0.4 is 11.2 Å². The monoisotopic (exact) mass is 222 g/mol. The quantitative estimate of drug-likeness (QED) is 0.694. The lowest BCUT2D eigenvalue weighted by Gasteiger charge is -2.08. The van der Waals surface area contributed by atoms with E-state index in [0.717, 1.165) is 11.0 Å². The van der Waals surface area contributed by atoms with Gasteiger partial charge in [0.1, 0.15) is 5.78 Å². The lowest BCUT2D eigenvalue weighted by Crippen LogP contribution is -2.38. The fraction of sp³-hybridized carbons (Fsp3) is 0.545. The van der Waals surface area contributed by atoms with Crippen LogP contribution in [-0.4, -0.2) is 14.9 Å². The van der Waals surface area contributed by atoms with Gasteiger partial charge < -0.3 is 4.57 Å². The summed E-state index contributed by atoms with van der Waals surface area (Å²) in [5.74, 6) is 0.153. The lowest BCUT2D eigenvalue weighted by molar-refractivity contribution is -0.118. The van der Waals surface area contributed by atoms with Crippen LogP contribution in [0.25, 0.3) is 0 Å². The molecule has 1 aromatic rings. The van der Waals surface area contributed by atoms with Gasteiger partial charge in [0.05, 0.1) is 0 Å². The predicted molar refractivity (Wildman–Crippen MR) is 58.5 cm³/mol. The molecule has 1 saturated carbocycles. The van der Waals surface area contributed by atoms with E-state index in [4.69, 9.17) is 0 Å². The molecule has 5 heteroatoms. The summed E-state index contributed by atoms with van der Waals surface area (Å²) in [5.41, 5.74) is 0.0253. The molecule has 0 N–H and O–H groups in total. The van der Waals surface area contributed by atoms with E-state index < -0.39 is 0 Å². The fourth-order valence-electron chi connectivity index (χ4n) is 2.08. The molecule has 0 spiro atoms. The SMILES string of the molecule is CC(=O)[C@@H]1C[C@H]1c1cc(=O)n(C)c(=O)n1C. The molecule has 0 radical (unpaired) electrons. The third-order valence-electron chi connectivity index (χ3n) is 3.26. The number of nitrogens with zero attached hydrogens (tertiary/aromatic N) is 2. The number of rotatable bonds is 2. The van der Waals surface area contributed by atoms with Crippen LogP contribution in [0.3, 0.4) is 0 Å². The Hall–Kier alpha value is -1.65. The van der Waals surface area contributed by atoms with E-state index in [1.54, 1.807) is 14.0 Å². The molecule has 1 aliphatic rings. The second-order valence-electron chi connectivity index (χ2n) is 4.37. The van der Waals surface area contributed by atoms with Crippen molar-refractivity contribution in [2.24, 2.45) is 20.0 Å². The average molecular weight is 222 g/mol. The van der Waals surface area contributed by atoms with E-state index >= 15 is 0 Å². The first-order valence-corrected chi connectivity index (χ1v) is 5.21. The van der Waals surface area contributed by atoms with Gasteiger partial charge >= 0.3 is 5.69 Å². The molecule has 0 amide bonds. The van der Waals surface area contributed by atoms with Gasteiger partial charge in [-0.2, -0.15) is 0 Å². The molecule has 1 fully saturated rings. The molecule has 0 aliphatic heterocycles. The molecule has 0 unspecified atom stereocenters. The summed E-state index contributed by atoms with van der Waals surface area (Å²) in [6, 6.07) is 1.45. The minimum absolute atomic E-state index is 0.0160. The van der Waals surface area contributed by atoms with E-state index in [-0.39, 0.29) is 28.9 Å². The van der Waals surface area contributed by atoms with Crippen molar-refractivity contribution in [1.29, 1.82) is 0 Å². The molecule has 1 aromatic heterocycles. The lowest BCUT2D eigenvalue weighted by atomic mass is 10.2. The van der Waals surface area contributed by atoms with E-state index in [9.17, 15) is 14.4 Å².